The van der Waals surface area contributed by atoms with Crippen LogP contribution < -0.4 is 10.6 Å². The summed E-state index contributed by atoms with van der Waals surface area (Å²) in [6.07, 6.45) is -0.231. The van der Waals surface area contributed by atoms with Crippen LogP contribution in [0.4, 0.5) is 11.4 Å². The quantitative estimate of drug-likeness (QED) is 0.751. The average molecular weight is 353 g/mol. The number of carbonyl (C=O) groups excluding carboxylic acids is 3. The first-order valence-electron chi connectivity index (χ1n) is 8.47. The van der Waals surface area contributed by atoms with Gasteiger partial charge in [0.15, 0.2) is 0 Å². The summed E-state index contributed by atoms with van der Waals surface area (Å²) in [5.74, 6) is -0.809. The Kier molecular flexibility index (Phi) is 6.91. The number of hydrogen-bond donors (Lipinski definition) is 2. The molecule has 26 heavy (non-hydrogen) atoms. The van der Waals surface area contributed by atoms with Crippen molar-refractivity contribution in [2.75, 3.05) is 17.2 Å². The van der Waals surface area contributed by atoms with Crippen LogP contribution in [-0.2, 0) is 20.9 Å². The lowest BCUT2D eigenvalue weighted by Gasteiger charge is -2.21. The van der Waals surface area contributed by atoms with Crippen molar-refractivity contribution in [2.45, 2.75) is 26.8 Å². The lowest BCUT2D eigenvalue weighted by atomic mass is 10.2. The van der Waals surface area contributed by atoms with Crippen LogP contribution in [-0.4, -0.2) is 29.2 Å². The number of nitrogens with one attached hydrogen (secondary N) is 2. The van der Waals surface area contributed by atoms with Gasteiger partial charge in [0.1, 0.15) is 6.42 Å². The Morgan fingerprint density at radius 2 is 1.58 bits per heavy atom. The molecule has 0 saturated heterocycles. The van der Waals surface area contributed by atoms with Gasteiger partial charge in [-0.05, 0) is 30.7 Å². The third-order valence-corrected chi connectivity index (χ3v) is 3.73. The van der Waals surface area contributed by atoms with E-state index < -0.39 is 0 Å². The molecule has 2 rings (SSSR count). The van der Waals surface area contributed by atoms with Crippen LogP contribution in [0.15, 0.2) is 54.6 Å². The lowest BCUT2D eigenvalue weighted by molar-refractivity contribution is -0.135. The highest BCUT2D eigenvalue weighted by molar-refractivity contribution is 6.03. The van der Waals surface area contributed by atoms with Crippen molar-refractivity contribution in [3.05, 3.63) is 60.2 Å². The van der Waals surface area contributed by atoms with E-state index in [1.165, 1.54) is 6.92 Å². The largest absolute Gasteiger partial charge is 0.338 e. The molecule has 0 aromatic heterocycles. The average Bonchev–Trinajstić information content (AvgIpc) is 2.60. The molecule has 2 N–H and O–H groups in total. The predicted octanol–water partition coefficient (Wildman–Crippen LogP) is 3.02. The van der Waals surface area contributed by atoms with Gasteiger partial charge in [-0.1, -0.05) is 36.4 Å². The van der Waals surface area contributed by atoms with Gasteiger partial charge in [-0.2, -0.15) is 0 Å². The topological polar surface area (TPSA) is 78.5 Å². The van der Waals surface area contributed by atoms with Gasteiger partial charge in [0, 0.05) is 31.4 Å². The first-order chi connectivity index (χ1) is 12.5. The van der Waals surface area contributed by atoms with E-state index in [1.807, 2.05) is 37.3 Å². The second-order valence-corrected chi connectivity index (χ2v) is 5.88. The molecule has 6 heteroatoms. The van der Waals surface area contributed by atoms with E-state index in [4.69, 9.17) is 0 Å². The van der Waals surface area contributed by atoms with E-state index in [2.05, 4.69) is 10.6 Å². The molecule has 2 aromatic rings. The molecule has 0 aliphatic heterocycles. The minimum atomic E-state index is -0.388. The number of benzene rings is 2. The zero-order valence-electron chi connectivity index (χ0n) is 15.0. The van der Waals surface area contributed by atoms with Crippen molar-refractivity contribution in [1.82, 2.24) is 4.90 Å². The number of amides is 3. The van der Waals surface area contributed by atoms with Crippen molar-refractivity contribution in [3.63, 3.8) is 0 Å². The molecule has 0 unspecified atom stereocenters. The molecule has 0 heterocycles. The van der Waals surface area contributed by atoms with E-state index in [0.717, 1.165) is 5.56 Å². The highest BCUT2D eigenvalue weighted by Crippen LogP contribution is 2.15. The Morgan fingerprint density at radius 1 is 0.923 bits per heavy atom. The molecular weight excluding hydrogens is 330 g/mol. The summed E-state index contributed by atoms with van der Waals surface area (Å²) in [4.78, 5) is 37.3. The Hall–Kier alpha value is -3.15. The van der Waals surface area contributed by atoms with Crippen LogP contribution in [0.5, 0.6) is 0 Å². The minimum Gasteiger partial charge on any atom is -0.338 e. The van der Waals surface area contributed by atoms with Crippen molar-refractivity contribution in [1.29, 1.82) is 0 Å². The second-order valence-electron chi connectivity index (χ2n) is 5.88. The van der Waals surface area contributed by atoms with Gasteiger partial charge in [-0.15, -0.1) is 0 Å². The fourth-order valence-electron chi connectivity index (χ4n) is 2.51. The molecular formula is C20H23N3O3. The number of nitrogens with zero attached hydrogens (tertiary/aromatic N) is 1. The van der Waals surface area contributed by atoms with E-state index in [-0.39, 0.29) is 24.1 Å². The monoisotopic (exact) mass is 353 g/mol. The summed E-state index contributed by atoms with van der Waals surface area (Å²) in [7, 11) is 0. The van der Waals surface area contributed by atoms with Crippen molar-refractivity contribution in [3.8, 4) is 0 Å². The van der Waals surface area contributed by atoms with E-state index in [0.29, 0.717) is 24.5 Å². The molecule has 0 radical (unpaired) electrons. The van der Waals surface area contributed by atoms with Gasteiger partial charge in [0.25, 0.3) is 0 Å². The van der Waals surface area contributed by atoms with Crippen molar-refractivity contribution >= 4 is 29.1 Å². The summed E-state index contributed by atoms with van der Waals surface area (Å²) in [5, 5.41) is 5.34. The SMILES string of the molecule is CCN(Cc1ccccc1)C(=O)CC(=O)Nc1cccc(NC(C)=O)c1. The highest BCUT2D eigenvalue weighted by atomic mass is 16.2. The number of rotatable bonds is 7. The first-order valence-corrected chi connectivity index (χ1v) is 8.47. The third kappa shape index (κ3) is 6.05. The Morgan fingerprint density at radius 3 is 2.19 bits per heavy atom. The van der Waals surface area contributed by atoms with Gasteiger partial charge in [0.2, 0.25) is 17.7 Å². The van der Waals surface area contributed by atoms with E-state index >= 15 is 0 Å². The van der Waals surface area contributed by atoms with Crippen LogP contribution in [0.25, 0.3) is 0 Å². The van der Waals surface area contributed by atoms with Gasteiger partial charge in [0.05, 0.1) is 0 Å². The number of hydrogen-bond acceptors (Lipinski definition) is 3. The zero-order valence-corrected chi connectivity index (χ0v) is 15.0. The van der Waals surface area contributed by atoms with E-state index in [9.17, 15) is 14.4 Å². The molecule has 0 spiro atoms. The van der Waals surface area contributed by atoms with Crippen LogP contribution in [0.1, 0.15) is 25.8 Å². The summed E-state index contributed by atoms with van der Waals surface area (Å²) >= 11 is 0. The normalized spacial score (nSPS) is 10.1. The van der Waals surface area contributed by atoms with Gasteiger partial charge in [-0.25, -0.2) is 0 Å². The van der Waals surface area contributed by atoms with Crippen LogP contribution >= 0.6 is 0 Å². The summed E-state index contributed by atoms with van der Waals surface area (Å²) in [6.45, 7) is 4.30. The maximum absolute atomic E-state index is 12.4. The summed E-state index contributed by atoms with van der Waals surface area (Å²) < 4.78 is 0. The third-order valence-electron chi connectivity index (χ3n) is 3.73. The van der Waals surface area contributed by atoms with Crippen LogP contribution in [0.3, 0.4) is 0 Å². The molecule has 136 valence electrons. The zero-order chi connectivity index (χ0) is 18.9. The predicted molar refractivity (Wildman–Crippen MR) is 102 cm³/mol. The molecule has 3 amide bonds. The Bertz CT molecular complexity index is 775. The maximum Gasteiger partial charge on any atom is 0.233 e. The van der Waals surface area contributed by atoms with E-state index in [1.54, 1.807) is 29.2 Å². The minimum absolute atomic E-state index is 0.192. The number of carbonyl (C=O) groups is 3. The number of anilines is 2. The molecule has 0 saturated carbocycles. The molecule has 0 aliphatic carbocycles. The fraction of sp³-hybridized carbons (Fsp3) is 0.250. The molecule has 0 bridgehead atoms. The van der Waals surface area contributed by atoms with Crippen molar-refractivity contribution in [2.24, 2.45) is 0 Å². The standard InChI is InChI=1S/C20H23N3O3/c1-3-23(14-16-8-5-4-6-9-16)20(26)13-19(25)22-18-11-7-10-17(12-18)21-15(2)24/h4-12H,3,13-14H2,1-2H3,(H,21,24)(H,22,25). The molecule has 6 nitrogen and oxygen atoms in total. The van der Waals surface area contributed by atoms with Crippen LogP contribution in [0, 0.1) is 0 Å². The lowest BCUT2D eigenvalue weighted by Crippen LogP contribution is -2.33. The molecule has 2 aromatic carbocycles. The second kappa shape index (κ2) is 9.36. The fourth-order valence-corrected chi connectivity index (χ4v) is 2.51. The smallest absolute Gasteiger partial charge is 0.233 e. The molecule has 0 atom stereocenters. The van der Waals surface area contributed by atoms with Gasteiger partial charge < -0.3 is 15.5 Å². The molecule has 0 fully saturated rings. The first kappa shape index (κ1) is 19.2. The Labute approximate surface area is 153 Å². The van der Waals surface area contributed by atoms with Gasteiger partial charge >= 0.3 is 0 Å². The maximum atomic E-state index is 12.4. The van der Waals surface area contributed by atoms with Crippen LogP contribution in [0.2, 0.25) is 0 Å². The van der Waals surface area contributed by atoms with Crippen molar-refractivity contribution < 1.29 is 14.4 Å². The van der Waals surface area contributed by atoms with Gasteiger partial charge in [-0.3, -0.25) is 14.4 Å². The highest BCUT2D eigenvalue weighted by Gasteiger charge is 2.16. The summed E-state index contributed by atoms with van der Waals surface area (Å²) in [6, 6.07) is 16.4. The summed E-state index contributed by atoms with van der Waals surface area (Å²) in [5.41, 5.74) is 2.13. The molecule has 0 aliphatic rings. The Balaban J connectivity index is 1.93.